The molecule has 0 spiro atoms. The average molecular weight is 468 g/mol. The fraction of sp³-hybridized carbons (Fsp3) is 0.581. The smallest absolute Gasteiger partial charge is 0.220 e. The summed E-state index contributed by atoms with van der Waals surface area (Å²) < 4.78 is 5.72. The summed E-state index contributed by atoms with van der Waals surface area (Å²) in [7, 11) is 0. The zero-order valence-corrected chi connectivity index (χ0v) is 22.3. The molecule has 1 fully saturated rings. The van der Waals surface area contributed by atoms with Crippen molar-refractivity contribution in [3.63, 3.8) is 0 Å². The number of carbonyl (C=O) groups excluding carboxylic acids is 1. The first-order chi connectivity index (χ1) is 16.6. The highest BCUT2D eigenvalue weighted by molar-refractivity contribution is 5.75. The highest BCUT2D eigenvalue weighted by atomic mass is 16.5. The normalized spacial score (nSPS) is 13.8. The fourth-order valence-electron chi connectivity index (χ4n) is 4.01. The molecule has 0 bridgehead atoms. The lowest BCUT2D eigenvalue weighted by Gasteiger charge is -2.20. The number of ether oxygens (including phenoxy) is 1. The standard InChI is InChI=1S/C22H35NO2.C7H8.C2H6/c1-19-13-15-21(16-14-19)25-17-9-5-8-12-22(24)23-18-20-10-6-3-2-4-7-11-20;1-7-5-3-2-4-6-7;1-2/h13-16,20H,2-12,17-18H2,1H3,(H,23,24);2-6H,1H3;1-2H3. The minimum atomic E-state index is 0.224. The van der Waals surface area contributed by atoms with Crippen LogP contribution >= 0.6 is 0 Å². The van der Waals surface area contributed by atoms with Crippen molar-refractivity contribution >= 4 is 5.91 Å². The van der Waals surface area contributed by atoms with E-state index in [0.29, 0.717) is 12.3 Å². The van der Waals surface area contributed by atoms with Crippen LogP contribution in [0.1, 0.15) is 95.6 Å². The largest absolute Gasteiger partial charge is 0.494 e. The molecule has 3 rings (SSSR count). The second-order valence-electron chi connectivity index (χ2n) is 9.14. The number of rotatable bonds is 9. The molecule has 3 nitrogen and oxygen atoms in total. The summed E-state index contributed by atoms with van der Waals surface area (Å²) in [6.07, 6.45) is 13.0. The molecule has 2 aromatic carbocycles. The van der Waals surface area contributed by atoms with Gasteiger partial charge in [0.05, 0.1) is 6.61 Å². The van der Waals surface area contributed by atoms with Crippen molar-refractivity contribution < 1.29 is 9.53 Å². The number of carbonyl (C=O) groups is 1. The molecule has 0 unspecified atom stereocenters. The summed E-state index contributed by atoms with van der Waals surface area (Å²) in [4.78, 5) is 12.0. The summed E-state index contributed by atoms with van der Waals surface area (Å²) in [6.45, 7) is 9.77. The SMILES string of the molecule is CC.Cc1ccc(OCCCCCC(=O)NCC2CCCCCCC2)cc1.Cc1ccccc1. The molecule has 0 heterocycles. The van der Waals surface area contributed by atoms with Crippen molar-refractivity contribution in [2.75, 3.05) is 13.2 Å². The molecule has 0 saturated heterocycles. The Morgan fingerprint density at radius 1 is 0.794 bits per heavy atom. The van der Waals surface area contributed by atoms with Gasteiger partial charge in [-0.1, -0.05) is 99.5 Å². The van der Waals surface area contributed by atoms with Gasteiger partial charge in [0.2, 0.25) is 5.91 Å². The van der Waals surface area contributed by atoms with Gasteiger partial charge in [0.1, 0.15) is 5.75 Å². The lowest BCUT2D eigenvalue weighted by molar-refractivity contribution is -0.121. The van der Waals surface area contributed by atoms with Gasteiger partial charge in [0.15, 0.2) is 0 Å². The summed E-state index contributed by atoms with van der Waals surface area (Å²) in [5.74, 6) is 1.86. The van der Waals surface area contributed by atoms with Crippen LogP contribution in [0.25, 0.3) is 0 Å². The number of hydrogen-bond donors (Lipinski definition) is 1. The fourth-order valence-corrected chi connectivity index (χ4v) is 4.01. The van der Waals surface area contributed by atoms with Crippen molar-refractivity contribution in [1.82, 2.24) is 5.32 Å². The highest BCUT2D eigenvalue weighted by Gasteiger charge is 2.12. The van der Waals surface area contributed by atoms with Gasteiger partial charge < -0.3 is 10.1 Å². The van der Waals surface area contributed by atoms with Crippen LogP contribution in [0.15, 0.2) is 54.6 Å². The van der Waals surface area contributed by atoms with Gasteiger partial charge in [-0.2, -0.15) is 0 Å². The maximum Gasteiger partial charge on any atom is 0.220 e. The molecule has 3 heteroatoms. The van der Waals surface area contributed by atoms with Crippen molar-refractivity contribution in [1.29, 1.82) is 0 Å². The maximum absolute atomic E-state index is 12.0. The quantitative estimate of drug-likeness (QED) is 0.376. The molecule has 0 aromatic heterocycles. The third-order valence-corrected chi connectivity index (χ3v) is 6.09. The van der Waals surface area contributed by atoms with E-state index in [1.165, 1.54) is 56.1 Å². The number of unbranched alkanes of at least 4 members (excludes halogenated alkanes) is 2. The number of aryl methyl sites for hydroxylation is 2. The van der Waals surface area contributed by atoms with Gasteiger partial charge in [-0.25, -0.2) is 0 Å². The molecule has 1 amide bonds. The molecule has 0 atom stereocenters. The van der Waals surface area contributed by atoms with Crippen LogP contribution in [0.2, 0.25) is 0 Å². The predicted octanol–water partition coefficient (Wildman–Crippen LogP) is 8.43. The second kappa shape index (κ2) is 20.1. The Labute approximate surface area is 209 Å². The molecule has 1 N–H and O–H groups in total. The maximum atomic E-state index is 12.0. The highest BCUT2D eigenvalue weighted by Crippen LogP contribution is 2.21. The summed E-state index contributed by atoms with van der Waals surface area (Å²) >= 11 is 0. The molecule has 2 aromatic rings. The summed E-state index contributed by atoms with van der Waals surface area (Å²) in [6, 6.07) is 18.4. The lowest BCUT2D eigenvalue weighted by Crippen LogP contribution is -2.29. The first-order valence-electron chi connectivity index (χ1n) is 13.6. The van der Waals surface area contributed by atoms with E-state index in [-0.39, 0.29) is 5.91 Å². The topological polar surface area (TPSA) is 38.3 Å². The van der Waals surface area contributed by atoms with Gasteiger partial charge in [-0.3, -0.25) is 4.79 Å². The van der Waals surface area contributed by atoms with E-state index in [9.17, 15) is 4.79 Å². The Balaban J connectivity index is 0.000000540. The van der Waals surface area contributed by atoms with E-state index in [1.54, 1.807) is 0 Å². The molecule has 1 aliphatic carbocycles. The van der Waals surface area contributed by atoms with Crippen LogP contribution in [-0.2, 0) is 4.79 Å². The molecule has 1 aliphatic rings. The Morgan fingerprint density at radius 2 is 1.38 bits per heavy atom. The van der Waals surface area contributed by atoms with Crippen molar-refractivity contribution in [3.05, 3.63) is 65.7 Å². The van der Waals surface area contributed by atoms with Gasteiger partial charge in [0.25, 0.3) is 0 Å². The van der Waals surface area contributed by atoms with E-state index in [2.05, 4.69) is 43.4 Å². The van der Waals surface area contributed by atoms with Gasteiger partial charge in [-0.15, -0.1) is 0 Å². The second-order valence-corrected chi connectivity index (χ2v) is 9.14. The Kier molecular flexibility index (Phi) is 17.6. The number of hydrogen-bond acceptors (Lipinski definition) is 2. The monoisotopic (exact) mass is 467 g/mol. The molecule has 0 aliphatic heterocycles. The minimum Gasteiger partial charge on any atom is -0.494 e. The average Bonchev–Trinajstić information content (AvgIpc) is 2.84. The third kappa shape index (κ3) is 15.5. The molecule has 190 valence electrons. The predicted molar refractivity (Wildman–Crippen MR) is 146 cm³/mol. The Bertz CT molecular complexity index is 719. The van der Waals surface area contributed by atoms with Crippen LogP contribution in [0, 0.1) is 19.8 Å². The van der Waals surface area contributed by atoms with Crippen LogP contribution in [0.4, 0.5) is 0 Å². The molecular weight excluding hydrogens is 418 g/mol. The molecular formula is C31H49NO2. The molecule has 34 heavy (non-hydrogen) atoms. The van der Waals surface area contributed by atoms with E-state index in [1.807, 2.05) is 44.2 Å². The first kappa shape index (κ1) is 29.7. The Hall–Kier alpha value is -2.29. The first-order valence-corrected chi connectivity index (χ1v) is 13.6. The zero-order valence-electron chi connectivity index (χ0n) is 22.3. The van der Waals surface area contributed by atoms with Crippen LogP contribution in [0.5, 0.6) is 5.75 Å². The zero-order chi connectivity index (χ0) is 24.9. The Morgan fingerprint density at radius 3 is 1.97 bits per heavy atom. The van der Waals surface area contributed by atoms with E-state index < -0.39 is 0 Å². The number of nitrogens with one attached hydrogen (secondary N) is 1. The molecule has 0 radical (unpaired) electrons. The van der Waals surface area contributed by atoms with Gasteiger partial charge >= 0.3 is 0 Å². The minimum absolute atomic E-state index is 0.224. The van der Waals surface area contributed by atoms with Crippen molar-refractivity contribution in [2.45, 2.75) is 98.3 Å². The van der Waals surface area contributed by atoms with Crippen molar-refractivity contribution in [2.24, 2.45) is 5.92 Å². The number of benzene rings is 2. The van der Waals surface area contributed by atoms with Crippen LogP contribution < -0.4 is 10.1 Å². The van der Waals surface area contributed by atoms with Gasteiger partial charge in [0, 0.05) is 13.0 Å². The van der Waals surface area contributed by atoms with Crippen LogP contribution in [0.3, 0.4) is 0 Å². The summed E-state index contributed by atoms with van der Waals surface area (Å²) in [5.41, 5.74) is 2.57. The lowest BCUT2D eigenvalue weighted by atomic mass is 9.91. The van der Waals surface area contributed by atoms with E-state index in [0.717, 1.165) is 38.2 Å². The van der Waals surface area contributed by atoms with E-state index in [4.69, 9.17) is 4.74 Å². The molecule has 1 saturated carbocycles. The van der Waals surface area contributed by atoms with Crippen molar-refractivity contribution in [3.8, 4) is 5.75 Å². The van der Waals surface area contributed by atoms with Crippen LogP contribution in [-0.4, -0.2) is 19.1 Å². The summed E-state index contributed by atoms with van der Waals surface area (Å²) in [5, 5.41) is 3.15. The third-order valence-electron chi connectivity index (χ3n) is 6.09. The van der Waals surface area contributed by atoms with E-state index >= 15 is 0 Å². The number of amides is 1. The van der Waals surface area contributed by atoms with Gasteiger partial charge in [-0.05, 0) is 64.0 Å².